The molecule has 0 aliphatic carbocycles. The number of anilines is 2. The number of rotatable bonds is 2. The maximum Gasteiger partial charge on any atom is 0.414 e. The van der Waals surface area contributed by atoms with E-state index in [2.05, 4.69) is 10.3 Å². The molecule has 0 fully saturated rings. The molecule has 2 heterocycles. The minimum Gasteiger partial charge on any atom is -0.443 e. The van der Waals surface area contributed by atoms with E-state index in [0.29, 0.717) is 24.2 Å². The summed E-state index contributed by atoms with van der Waals surface area (Å²) in [6.07, 6.45) is -0.0621. The van der Waals surface area contributed by atoms with Crippen molar-refractivity contribution < 1.29 is 14.3 Å². The molecular weight excluding hydrogens is 378 g/mol. The normalized spacial score (nSPS) is 16.1. The van der Waals surface area contributed by atoms with Crippen molar-refractivity contribution in [2.75, 3.05) is 17.2 Å². The Morgan fingerprint density at radius 1 is 1.21 bits per heavy atom. The largest absolute Gasteiger partial charge is 0.443 e. The highest BCUT2D eigenvalue weighted by Gasteiger charge is 2.32. The monoisotopic (exact) mass is 401 g/mol. The number of carbonyl (C=O) groups excluding carboxylic acids is 2. The third-order valence-corrected chi connectivity index (χ3v) is 4.37. The van der Waals surface area contributed by atoms with Gasteiger partial charge in [0.05, 0.1) is 11.7 Å². The number of aromatic amines is 2. The molecule has 0 bridgehead atoms. The summed E-state index contributed by atoms with van der Waals surface area (Å²) in [5.74, 6) is -0.684. The van der Waals surface area contributed by atoms with E-state index < -0.39 is 34.9 Å². The van der Waals surface area contributed by atoms with Gasteiger partial charge in [-0.2, -0.15) is 0 Å². The number of amides is 2. The molecular formula is C19H23N5O5. The lowest BCUT2D eigenvalue weighted by Gasteiger charge is -2.35. The van der Waals surface area contributed by atoms with Crippen molar-refractivity contribution in [1.82, 2.24) is 15.3 Å². The van der Waals surface area contributed by atoms with Crippen LogP contribution in [0.3, 0.4) is 0 Å². The Bertz CT molecular complexity index is 1070. The summed E-state index contributed by atoms with van der Waals surface area (Å²) in [6, 6.07) is 6.69. The van der Waals surface area contributed by atoms with Gasteiger partial charge in [0.15, 0.2) is 0 Å². The lowest BCUT2D eigenvalue weighted by molar-refractivity contribution is 0.0576. The van der Waals surface area contributed by atoms with Crippen LogP contribution in [0.4, 0.5) is 16.2 Å². The maximum absolute atomic E-state index is 12.6. The van der Waals surface area contributed by atoms with Crippen molar-refractivity contribution >= 4 is 23.4 Å². The van der Waals surface area contributed by atoms with Gasteiger partial charge in [-0.3, -0.25) is 19.5 Å². The smallest absolute Gasteiger partial charge is 0.414 e. The van der Waals surface area contributed by atoms with E-state index in [9.17, 15) is 19.2 Å². The predicted molar refractivity (Wildman–Crippen MR) is 107 cm³/mol. The Kier molecular flexibility index (Phi) is 5.19. The number of H-pyrrole nitrogens is 2. The molecule has 10 nitrogen and oxygen atoms in total. The Balaban J connectivity index is 1.88. The number of nitrogens with two attached hydrogens (primary N) is 1. The first-order chi connectivity index (χ1) is 13.6. The first kappa shape index (κ1) is 20.2. The van der Waals surface area contributed by atoms with Crippen LogP contribution in [0, 0.1) is 0 Å². The summed E-state index contributed by atoms with van der Waals surface area (Å²) in [5, 5.41) is 2.77. The first-order valence-electron chi connectivity index (χ1n) is 9.09. The van der Waals surface area contributed by atoms with Crippen LogP contribution in [-0.4, -0.2) is 34.1 Å². The zero-order valence-corrected chi connectivity index (χ0v) is 16.4. The highest BCUT2D eigenvalue weighted by Crippen LogP contribution is 2.34. The molecule has 10 heteroatoms. The Hall–Kier alpha value is -3.56. The lowest BCUT2D eigenvalue weighted by Crippen LogP contribution is -2.44. The van der Waals surface area contributed by atoms with Crippen LogP contribution in [0.5, 0.6) is 0 Å². The van der Waals surface area contributed by atoms with Gasteiger partial charge in [-0.1, -0.05) is 18.2 Å². The van der Waals surface area contributed by atoms with Gasteiger partial charge < -0.3 is 20.8 Å². The molecule has 0 radical (unpaired) electrons. The standard InChI is InChI=1S/C19H23N5O5/c1-19(2,3)29-18(28)24-9-8-11(10-6-4-5-7-12(10)24)21-16(26)14-13(20)15(25)23-17(27)22-14/h4-7,11H,8-9,20H2,1-3H3,(H,21,26)(H2,22,23,25,27). The van der Waals surface area contributed by atoms with Crippen molar-refractivity contribution in [1.29, 1.82) is 0 Å². The number of para-hydroxylation sites is 1. The Labute approximate surface area is 166 Å². The van der Waals surface area contributed by atoms with Crippen molar-refractivity contribution in [3.05, 3.63) is 56.4 Å². The van der Waals surface area contributed by atoms with Crippen LogP contribution < -0.4 is 27.2 Å². The highest BCUT2D eigenvalue weighted by atomic mass is 16.6. The SMILES string of the molecule is CC(C)(C)OC(=O)N1CCC(NC(=O)c2[nH]c(=O)[nH]c(=O)c2N)c2ccccc21. The Morgan fingerprint density at radius 2 is 1.90 bits per heavy atom. The number of fused-ring (bicyclic) bond motifs is 1. The van der Waals surface area contributed by atoms with Crippen molar-refractivity contribution in [2.45, 2.75) is 38.8 Å². The fraction of sp³-hybridized carbons (Fsp3) is 0.368. The Morgan fingerprint density at radius 3 is 2.59 bits per heavy atom. The van der Waals surface area contributed by atoms with Gasteiger partial charge >= 0.3 is 11.8 Å². The average Bonchev–Trinajstić information content (AvgIpc) is 2.63. The molecule has 3 rings (SSSR count). The van der Waals surface area contributed by atoms with E-state index in [1.54, 1.807) is 45.0 Å². The average molecular weight is 401 g/mol. The number of benzene rings is 1. The third-order valence-electron chi connectivity index (χ3n) is 4.37. The summed E-state index contributed by atoms with van der Waals surface area (Å²) >= 11 is 0. The van der Waals surface area contributed by atoms with Gasteiger partial charge in [0.25, 0.3) is 11.5 Å². The second-order valence-corrected chi connectivity index (χ2v) is 7.70. The van der Waals surface area contributed by atoms with Gasteiger partial charge in [-0.15, -0.1) is 0 Å². The van der Waals surface area contributed by atoms with E-state index in [4.69, 9.17) is 10.5 Å². The second kappa shape index (κ2) is 7.46. The fourth-order valence-electron chi connectivity index (χ4n) is 3.12. The number of nitrogens with one attached hydrogen (secondary N) is 3. The molecule has 1 unspecified atom stereocenters. The van der Waals surface area contributed by atoms with Crippen molar-refractivity contribution in [3.8, 4) is 0 Å². The lowest BCUT2D eigenvalue weighted by atomic mass is 9.96. The van der Waals surface area contributed by atoms with Gasteiger partial charge in [-0.25, -0.2) is 9.59 Å². The van der Waals surface area contributed by atoms with E-state index in [-0.39, 0.29) is 11.4 Å². The molecule has 2 amide bonds. The molecule has 1 aliphatic heterocycles. The summed E-state index contributed by atoms with van der Waals surface area (Å²) in [4.78, 5) is 54.1. The molecule has 1 aromatic carbocycles. The van der Waals surface area contributed by atoms with Crippen LogP contribution in [0.15, 0.2) is 33.9 Å². The zero-order valence-electron chi connectivity index (χ0n) is 16.4. The quantitative estimate of drug-likeness (QED) is 0.595. The zero-order chi connectivity index (χ0) is 21.3. The van der Waals surface area contributed by atoms with Gasteiger partial charge in [0, 0.05) is 6.54 Å². The molecule has 0 saturated carbocycles. The summed E-state index contributed by atoms with van der Waals surface area (Å²) in [6.45, 7) is 5.68. The van der Waals surface area contributed by atoms with Gasteiger partial charge in [0.2, 0.25) is 0 Å². The van der Waals surface area contributed by atoms with Crippen LogP contribution in [-0.2, 0) is 4.74 Å². The molecule has 5 N–H and O–H groups in total. The van der Waals surface area contributed by atoms with E-state index in [0.717, 1.165) is 0 Å². The minimum atomic E-state index is -0.834. The number of nitrogens with zero attached hydrogens (tertiary/aromatic N) is 1. The molecule has 1 aliphatic rings. The summed E-state index contributed by atoms with van der Waals surface area (Å²) in [5.41, 5.74) is 3.99. The third kappa shape index (κ3) is 4.31. The molecule has 2 aromatic rings. The van der Waals surface area contributed by atoms with Gasteiger partial charge in [-0.05, 0) is 38.8 Å². The van der Waals surface area contributed by atoms with Crippen LogP contribution in [0.1, 0.15) is 49.3 Å². The molecule has 0 spiro atoms. The molecule has 154 valence electrons. The summed E-state index contributed by atoms with van der Waals surface area (Å²) in [7, 11) is 0. The fourth-order valence-corrected chi connectivity index (χ4v) is 3.12. The topological polar surface area (TPSA) is 150 Å². The van der Waals surface area contributed by atoms with Crippen molar-refractivity contribution in [3.63, 3.8) is 0 Å². The van der Waals surface area contributed by atoms with Gasteiger partial charge in [0.1, 0.15) is 17.0 Å². The van der Waals surface area contributed by atoms with Crippen LogP contribution >= 0.6 is 0 Å². The van der Waals surface area contributed by atoms with E-state index >= 15 is 0 Å². The summed E-state index contributed by atoms with van der Waals surface area (Å²) < 4.78 is 5.47. The second-order valence-electron chi connectivity index (χ2n) is 7.70. The molecule has 0 saturated heterocycles. The molecule has 29 heavy (non-hydrogen) atoms. The molecule has 1 aromatic heterocycles. The number of ether oxygens (including phenoxy) is 1. The number of hydrogen-bond acceptors (Lipinski definition) is 6. The number of nitrogen functional groups attached to an aromatic ring is 1. The highest BCUT2D eigenvalue weighted by molar-refractivity contribution is 5.97. The van der Waals surface area contributed by atoms with E-state index in [1.807, 2.05) is 4.98 Å². The maximum atomic E-state index is 12.6. The number of hydrogen-bond donors (Lipinski definition) is 4. The first-order valence-corrected chi connectivity index (χ1v) is 9.09. The number of carbonyl (C=O) groups is 2. The van der Waals surface area contributed by atoms with Crippen LogP contribution in [0.25, 0.3) is 0 Å². The minimum absolute atomic E-state index is 0.300. The predicted octanol–water partition coefficient (Wildman–Crippen LogP) is 1.26. The molecule has 1 atom stereocenters. The van der Waals surface area contributed by atoms with Crippen LogP contribution in [0.2, 0.25) is 0 Å². The van der Waals surface area contributed by atoms with Crippen molar-refractivity contribution in [2.24, 2.45) is 0 Å². The number of aromatic nitrogens is 2. The van der Waals surface area contributed by atoms with E-state index in [1.165, 1.54) is 4.90 Å².